The smallest absolute Gasteiger partial charge is 0.308 e. The monoisotopic (exact) mass is 682 g/mol. The van der Waals surface area contributed by atoms with E-state index in [1.54, 1.807) is 0 Å². The average Bonchev–Trinajstić information content (AvgIpc) is 3.06. The molecule has 7 heteroatoms. The molecule has 0 saturated carbocycles. The predicted molar refractivity (Wildman–Crippen MR) is 200 cm³/mol. The van der Waals surface area contributed by atoms with Crippen LogP contribution in [0.5, 0.6) is 0 Å². The van der Waals surface area contributed by atoms with Gasteiger partial charge in [-0.25, -0.2) is 0 Å². The van der Waals surface area contributed by atoms with Gasteiger partial charge in [-0.05, 0) is 91.3 Å². The second-order valence-corrected chi connectivity index (χ2v) is 14.4. The summed E-state index contributed by atoms with van der Waals surface area (Å²) < 4.78 is 17.0. The molecule has 0 aromatic rings. The van der Waals surface area contributed by atoms with Crippen LogP contribution in [0.1, 0.15) is 195 Å². The van der Waals surface area contributed by atoms with Gasteiger partial charge in [-0.2, -0.15) is 0 Å². The van der Waals surface area contributed by atoms with Crippen LogP contribution >= 0.6 is 0 Å². The molecule has 7 nitrogen and oxygen atoms in total. The maximum Gasteiger partial charge on any atom is 0.308 e. The maximum atomic E-state index is 12.5. The molecular formula is C41H79NO6. The van der Waals surface area contributed by atoms with Crippen LogP contribution in [0, 0.1) is 11.8 Å². The van der Waals surface area contributed by atoms with Gasteiger partial charge in [0.15, 0.2) is 0 Å². The van der Waals surface area contributed by atoms with Gasteiger partial charge in [-0.1, -0.05) is 118 Å². The third-order valence-electron chi connectivity index (χ3n) is 9.58. The summed E-state index contributed by atoms with van der Waals surface area (Å²) in [6.45, 7) is 10.5. The summed E-state index contributed by atoms with van der Waals surface area (Å²) in [4.78, 5) is 39.1. The molecule has 0 amide bonds. The van der Waals surface area contributed by atoms with Gasteiger partial charge in [-0.15, -0.1) is 0 Å². The van der Waals surface area contributed by atoms with Gasteiger partial charge in [0.05, 0.1) is 25.0 Å². The molecule has 0 aliphatic rings. The summed E-state index contributed by atoms with van der Waals surface area (Å²) in [5.74, 6) is 0.0802. The maximum absolute atomic E-state index is 12.5. The van der Waals surface area contributed by atoms with Gasteiger partial charge in [0.1, 0.15) is 6.10 Å². The van der Waals surface area contributed by atoms with Gasteiger partial charge >= 0.3 is 17.9 Å². The van der Waals surface area contributed by atoms with E-state index in [9.17, 15) is 14.4 Å². The molecule has 0 rings (SSSR count). The number of esters is 3. The van der Waals surface area contributed by atoms with E-state index in [0.717, 1.165) is 116 Å². The highest BCUT2D eigenvalue weighted by molar-refractivity contribution is 5.72. The minimum absolute atomic E-state index is 0.00625. The van der Waals surface area contributed by atoms with Crippen molar-refractivity contribution in [1.29, 1.82) is 0 Å². The molecule has 0 bridgehead atoms. The third-order valence-corrected chi connectivity index (χ3v) is 9.58. The van der Waals surface area contributed by atoms with Crippen molar-refractivity contribution in [2.24, 2.45) is 11.8 Å². The molecule has 2 atom stereocenters. The fourth-order valence-electron chi connectivity index (χ4n) is 6.22. The molecule has 0 spiro atoms. The molecule has 0 aliphatic carbocycles. The summed E-state index contributed by atoms with van der Waals surface area (Å²) in [5, 5.41) is 0. The van der Waals surface area contributed by atoms with Crippen LogP contribution in [-0.2, 0) is 28.6 Å². The van der Waals surface area contributed by atoms with Crippen molar-refractivity contribution < 1.29 is 28.6 Å². The Hall–Kier alpha value is -1.63. The van der Waals surface area contributed by atoms with Crippen molar-refractivity contribution in [3.63, 3.8) is 0 Å². The molecule has 0 radical (unpaired) electrons. The fraction of sp³-hybridized carbons (Fsp3) is 0.927. The highest BCUT2D eigenvalue weighted by Gasteiger charge is 2.18. The van der Waals surface area contributed by atoms with E-state index in [0.29, 0.717) is 19.6 Å². The fourth-order valence-corrected chi connectivity index (χ4v) is 6.22. The van der Waals surface area contributed by atoms with E-state index in [1.165, 1.54) is 51.4 Å². The van der Waals surface area contributed by atoms with Crippen LogP contribution in [0.3, 0.4) is 0 Å². The highest BCUT2D eigenvalue weighted by Crippen LogP contribution is 2.19. The Morgan fingerprint density at radius 3 is 1.27 bits per heavy atom. The number of carbonyl (C=O) groups excluding carboxylic acids is 3. The zero-order valence-corrected chi connectivity index (χ0v) is 32.6. The first-order valence-corrected chi connectivity index (χ1v) is 20.5. The molecule has 0 saturated heterocycles. The lowest BCUT2D eigenvalue weighted by Gasteiger charge is -2.18. The summed E-state index contributed by atoms with van der Waals surface area (Å²) in [5.41, 5.74) is 0. The van der Waals surface area contributed by atoms with Crippen LogP contribution in [0.4, 0.5) is 0 Å². The van der Waals surface area contributed by atoms with E-state index in [2.05, 4.69) is 32.6 Å². The number of hydrogen-bond donors (Lipinski definition) is 0. The number of nitrogens with zero attached hydrogens (tertiary/aromatic N) is 1. The Kier molecular flexibility index (Phi) is 32.7. The number of rotatable bonds is 35. The largest absolute Gasteiger partial charge is 0.465 e. The van der Waals surface area contributed by atoms with Gasteiger partial charge in [0, 0.05) is 6.42 Å². The molecular weight excluding hydrogens is 602 g/mol. The predicted octanol–water partition coefficient (Wildman–Crippen LogP) is 11.0. The van der Waals surface area contributed by atoms with Crippen molar-refractivity contribution in [3.05, 3.63) is 0 Å². The van der Waals surface area contributed by atoms with Crippen molar-refractivity contribution in [2.75, 3.05) is 33.9 Å². The van der Waals surface area contributed by atoms with Crippen LogP contribution in [0.2, 0.25) is 0 Å². The van der Waals surface area contributed by atoms with Crippen LogP contribution in [0.15, 0.2) is 0 Å². The minimum atomic E-state index is -0.0468. The molecule has 0 heterocycles. The second kappa shape index (κ2) is 33.8. The Morgan fingerprint density at radius 2 is 0.896 bits per heavy atom. The van der Waals surface area contributed by atoms with Gasteiger partial charge in [0.25, 0.3) is 0 Å². The van der Waals surface area contributed by atoms with E-state index < -0.39 is 0 Å². The molecule has 0 fully saturated rings. The number of hydrogen-bond acceptors (Lipinski definition) is 7. The third kappa shape index (κ3) is 28.2. The van der Waals surface area contributed by atoms with E-state index in [1.807, 2.05) is 14.1 Å². The SMILES string of the molecule is CCCCC(CC)C(=O)OCCCCCCCCCC(CCCCCCCCCOC(=O)C(CC)CCCC)OC(=O)CCCN(C)C. The van der Waals surface area contributed by atoms with Crippen molar-refractivity contribution in [3.8, 4) is 0 Å². The summed E-state index contributed by atoms with van der Waals surface area (Å²) >= 11 is 0. The lowest BCUT2D eigenvalue weighted by atomic mass is 10.00. The summed E-state index contributed by atoms with van der Waals surface area (Å²) in [6.07, 6.45) is 27.2. The van der Waals surface area contributed by atoms with Gasteiger partial charge < -0.3 is 19.1 Å². The normalized spacial score (nSPS) is 13.3. The van der Waals surface area contributed by atoms with Gasteiger partial charge in [0.2, 0.25) is 0 Å². The van der Waals surface area contributed by atoms with Crippen LogP contribution in [-0.4, -0.2) is 62.8 Å². The zero-order chi connectivity index (χ0) is 35.7. The van der Waals surface area contributed by atoms with Crippen LogP contribution in [0.25, 0.3) is 0 Å². The van der Waals surface area contributed by atoms with Crippen LogP contribution < -0.4 is 0 Å². The molecule has 284 valence electrons. The Morgan fingerprint density at radius 1 is 0.500 bits per heavy atom. The van der Waals surface area contributed by atoms with Crippen molar-refractivity contribution >= 4 is 17.9 Å². The van der Waals surface area contributed by atoms with E-state index >= 15 is 0 Å². The average molecular weight is 682 g/mol. The highest BCUT2D eigenvalue weighted by atomic mass is 16.5. The zero-order valence-electron chi connectivity index (χ0n) is 32.6. The lowest BCUT2D eigenvalue weighted by molar-refractivity contribution is -0.150. The summed E-state index contributed by atoms with van der Waals surface area (Å²) in [6, 6.07) is 0. The van der Waals surface area contributed by atoms with Crippen molar-refractivity contribution in [2.45, 2.75) is 201 Å². The topological polar surface area (TPSA) is 82.1 Å². The first-order chi connectivity index (χ1) is 23.3. The van der Waals surface area contributed by atoms with E-state index in [-0.39, 0.29) is 35.8 Å². The molecule has 2 unspecified atom stereocenters. The Labute approximate surface area is 297 Å². The van der Waals surface area contributed by atoms with E-state index in [4.69, 9.17) is 14.2 Å². The Balaban J connectivity index is 4.15. The molecule has 0 aromatic heterocycles. The molecule has 48 heavy (non-hydrogen) atoms. The molecule has 0 aliphatic heterocycles. The first-order valence-electron chi connectivity index (χ1n) is 20.5. The number of ether oxygens (including phenoxy) is 3. The number of unbranched alkanes of at least 4 members (excludes halogenated alkanes) is 14. The molecule has 0 N–H and O–H groups in total. The standard InChI is InChI=1S/C41H79NO6/c1-7-11-28-36(9-3)40(44)46-34-25-21-17-13-15-19-23-30-38(48-39(43)32-27-33-42(5)6)31-24-20-16-14-18-22-26-35-47-41(45)37(10-4)29-12-8-2/h36-38H,7-35H2,1-6H3. The van der Waals surface area contributed by atoms with Crippen molar-refractivity contribution in [1.82, 2.24) is 4.90 Å². The summed E-state index contributed by atoms with van der Waals surface area (Å²) in [7, 11) is 4.07. The second-order valence-electron chi connectivity index (χ2n) is 14.4. The molecule has 0 aromatic carbocycles. The number of carbonyl (C=O) groups is 3. The van der Waals surface area contributed by atoms with Gasteiger partial charge in [-0.3, -0.25) is 14.4 Å². The first kappa shape index (κ1) is 46.4. The Bertz CT molecular complexity index is 709. The quantitative estimate of drug-likeness (QED) is 0.0374. The lowest BCUT2D eigenvalue weighted by Crippen LogP contribution is -2.20. The minimum Gasteiger partial charge on any atom is -0.465 e.